The van der Waals surface area contributed by atoms with Gasteiger partial charge >= 0.3 is 5.69 Å². The molecule has 7 nitrogen and oxygen atoms in total. The number of hydrogen-bond donors (Lipinski definition) is 1. The molecule has 23 heavy (non-hydrogen) atoms. The van der Waals surface area contributed by atoms with Gasteiger partial charge in [-0.2, -0.15) is 0 Å². The molecule has 122 valence electrons. The molecule has 2 rings (SSSR count). The van der Waals surface area contributed by atoms with E-state index in [9.17, 15) is 18.5 Å². The fourth-order valence-corrected chi connectivity index (χ4v) is 3.06. The molecule has 0 fully saturated rings. The Morgan fingerprint density at radius 2 is 1.96 bits per heavy atom. The summed E-state index contributed by atoms with van der Waals surface area (Å²) >= 11 is 0. The molecule has 2 aromatic rings. The van der Waals surface area contributed by atoms with E-state index in [2.05, 4.69) is 10.3 Å². The van der Waals surface area contributed by atoms with Crippen molar-refractivity contribution in [3.63, 3.8) is 0 Å². The Balaban J connectivity index is 2.41. The first-order valence-corrected chi connectivity index (χ1v) is 8.92. The monoisotopic (exact) mass is 335 g/mol. The van der Waals surface area contributed by atoms with Gasteiger partial charge in [0, 0.05) is 18.5 Å². The molecule has 0 spiro atoms. The first-order chi connectivity index (χ1) is 10.8. The Kier molecular flexibility index (Phi) is 4.95. The second-order valence-electron chi connectivity index (χ2n) is 5.34. The summed E-state index contributed by atoms with van der Waals surface area (Å²) < 4.78 is 23.4. The summed E-state index contributed by atoms with van der Waals surface area (Å²) in [6, 6.07) is 9.68. The smallest absolute Gasteiger partial charge is 0.311 e. The first kappa shape index (κ1) is 16.9. The van der Waals surface area contributed by atoms with Gasteiger partial charge in [-0.05, 0) is 18.1 Å². The highest BCUT2D eigenvalue weighted by Crippen LogP contribution is 2.27. The largest absolute Gasteiger partial charge is 0.357 e. The van der Waals surface area contributed by atoms with Crippen LogP contribution in [0.25, 0.3) is 0 Å². The van der Waals surface area contributed by atoms with E-state index >= 15 is 0 Å². The maximum atomic E-state index is 11.7. The lowest BCUT2D eigenvalue weighted by molar-refractivity contribution is -0.384. The SMILES string of the molecule is Cc1cnc(N[C@@H](CS(C)(=O)=O)c2ccccc2)c([N+](=O)[O-])c1. The van der Waals surface area contributed by atoms with Crippen molar-refractivity contribution >= 4 is 21.3 Å². The number of benzene rings is 1. The second kappa shape index (κ2) is 6.74. The summed E-state index contributed by atoms with van der Waals surface area (Å²) in [6.07, 6.45) is 2.62. The molecule has 8 heteroatoms. The Morgan fingerprint density at radius 3 is 2.52 bits per heavy atom. The third-order valence-electron chi connectivity index (χ3n) is 3.18. The summed E-state index contributed by atoms with van der Waals surface area (Å²) in [5, 5.41) is 14.1. The minimum Gasteiger partial charge on any atom is -0.357 e. The Hall–Kier alpha value is -2.48. The van der Waals surface area contributed by atoms with Crippen LogP contribution >= 0.6 is 0 Å². The zero-order chi connectivity index (χ0) is 17.0. The standard InChI is InChI=1S/C15H17N3O4S/c1-11-8-14(18(19)20)15(16-9-11)17-13(10-23(2,21)22)12-6-4-3-5-7-12/h3-9,13H,10H2,1-2H3,(H,16,17)/t13-/m0/s1. The number of aryl methyl sites for hydroxylation is 1. The third kappa shape index (κ3) is 4.75. The highest BCUT2D eigenvalue weighted by molar-refractivity contribution is 7.90. The number of hydrogen-bond acceptors (Lipinski definition) is 6. The van der Waals surface area contributed by atoms with E-state index in [-0.39, 0.29) is 17.3 Å². The van der Waals surface area contributed by atoms with Crippen LogP contribution in [-0.4, -0.2) is 30.3 Å². The van der Waals surface area contributed by atoms with E-state index in [4.69, 9.17) is 0 Å². The van der Waals surface area contributed by atoms with Gasteiger partial charge in [-0.3, -0.25) is 10.1 Å². The van der Waals surface area contributed by atoms with Crippen molar-refractivity contribution in [1.29, 1.82) is 0 Å². The van der Waals surface area contributed by atoms with Gasteiger partial charge < -0.3 is 5.32 Å². The lowest BCUT2D eigenvalue weighted by Crippen LogP contribution is -2.21. The van der Waals surface area contributed by atoms with E-state index in [1.54, 1.807) is 31.2 Å². The fraction of sp³-hybridized carbons (Fsp3) is 0.267. The molecule has 1 aromatic heterocycles. The van der Waals surface area contributed by atoms with Crippen LogP contribution in [0, 0.1) is 17.0 Å². The van der Waals surface area contributed by atoms with Crippen molar-refractivity contribution in [2.75, 3.05) is 17.3 Å². The molecule has 0 saturated heterocycles. The maximum absolute atomic E-state index is 11.7. The first-order valence-electron chi connectivity index (χ1n) is 6.86. The summed E-state index contributed by atoms with van der Waals surface area (Å²) in [4.78, 5) is 14.7. The minimum atomic E-state index is -3.29. The lowest BCUT2D eigenvalue weighted by Gasteiger charge is -2.19. The second-order valence-corrected chi connectivity index (χ2v) is 7.52. The van der Waals surface area contributed by atoms with E-state index in [0.717, 1.165) is 11.8 Å². The minimum absolute atomic E-state index is 0.0538. The molecule has 1 atom stereocenters. The van der Waals surface area contributed by atoms with Crippen LogP contribution in [0.4, 0.5) is 11.5 Å². The number of pyridine rings is 1. The van der Waals surface area contributed by atoms with Crippen molar-refractivity contribution < 1.29 is 13.3 Å². The van der Waals surface area contributed by atoms with Crippen molar-refractivity contribution in [2.24, 2.45) is 0 Å². The quantitative estimate of drug-likeness (QED) is 0.643. The molecule has 0 aliphatic carbocycles. The molecule has 0 unspecified atom stereocenters. The number of nitrogens with one attached hydrogen (secondary N) is 1. The molecular weight excluding hydrogens is 318 g/mol. The Bertz CT molecular complexity index is 807. The third-order valence-corrected chi connectivity index (χ3v) is 4.12. The van der Waals surface area contributed by atoms with Crippen LogP contribution in [0.5, 0.6) is 0 Å². The summed E-state index contributed by atoms with van der Waals surface area (Å²) in [5.41, 5.74) is 1.19. The van der Waals surface area contributed by atoms with Gasteiger partial charge in [-0.1, -0.05) is 30.3 Å². The predicted octanol–water partition coefficient (Wildman–Crippen LogP) is 2.50. The van der Waals surface area contributed by atoms with E-state index in [0.29, 0.717) is 5.56 Å². The average molecular weight is 335 g/mol. The van der Waals surface area contributed by atoms with Crippen LogP contribution in [0.1, 0.15) is 17.2 Å². The van der Waals surface area contributed by atoms with E-state index < -0.39 is 20.8 Å². The van der Waals surface area contributed by atoms with Crippen LogP contribution < -0.4 is 5.32 Å². The Morgan fingerprint density at radius 1 is 1.30 bits per heavy atom. The molecule has 0 aliphatic heterocycles. The van der Waals surface area contributed by atoms with E-state index in [1.165, 1.54) is 12.3 Å². The number of aromatic nitrogens is 1. The normalized spacial score (nSPS) is 12.6. The van der Waals surface area contributed by atoms with Crippen molar-refractivity contribution in [2.45, 2.75) is 13.0 Å². The molecular formula is C15H17N3O4S. The molecule has 1 heterocycles. The lowest BCUT2D eigenvalue weighted by atomic mass is 10.1. The van der Waals surface area contributed by atoms with Gasteiger partial charge in [0.2, 0.25) is 5.82 Å². The molecule has 0 saturated carbocycles. The molecule has 0 amide bonds. The summed E-state index contributed by atoms with van der Waals surface area (Å²) in [6.45, 7) is 1.70. The van der Waals surface area contributed by atoms with Gasteiger partial charge in [0.05, 0.1) is 16.7 Å². The highest BCUT2D eigenvalue weighted by atomic mass is 32.2. The summed E-state index contributed by atoms with van der Waals surface area (Å²) in [5.74, 6) is -0.137. The van der Waals surface area contributed by atoms with Gasteiger partial charge in [0.25, 0.3) is 0 Å². The number of rotatable bonds is 6. The van der Waals surface area contributed by atoms with Gasteiger partial charge in [0.15, 0.2) is 0 Å². The average Bonchev–Trinajstić information content (AvgIpc) is 2.47. The van der Waals surface area contributed by atoms with Gasteiger partial charge in [-0.25, -0.2) is 13.4 Å². The fourth-order valence-electron chi connectivity index (χ4n) is 2.18. The number of nitro groups is 1. The summed E-state index contributed by atoms with van der Waals surface area (Å²) in [7, 11) is -3.29. The zero-order valence-electron chi connectivity index (χ0n) is 12.8. The molecule has 1 N–H and O–H groups in total. The van der Waals surface area contributed by atoms with E-state index in [1.807, 2.05) is 6.07 Å². The van der Waals surface area contributed by atoms with Crippen LogP contribution in [0.2, 0.25) is 0 Å². The molecule has 0 bridgehead atoms. The van der Waals surface area contributed by atoms with Gasteiger partial charge in [-0.15, -0.1) is 0 Å². The zero-order valence-corrected chi connectivity index (χ0v) is 13.6. The molecule has 0 aliphatic rings. The van der Waals surface area contributed by atoms with Crippen LogP contribution in [0.15, 0.2) is 42.6 Å². The molecule has 0 radical (unpaired) electrons. The Labute approximate surface area is 134 Å². The molecule has 1 aromatic carbocycles. The van der Waals surface area contributed by atoms with Crippen LogP contribution in [0.3, 0.4) is 0 Å². The van der Waals surface area contributed by atoms with Crippen LogP contribution in [-0.2, 0) is 9.84 Å². The number of sulfone groups is 1. The number of anilines is 1. The van der Waals surface area contributed by atoms with Crippen molar-refractivity contribution in [3.05, 3.63) is 63.8 Å². The number of nitrogens with zero attached hydrogens (tertiary/aromatic N) is 2. The maximum Gasteiger partial charge on any atom is 0.311 e. The highest BCUT2D eigenvalue weighted by Gasteiger charge is 2.22. The topological polar surface area (TPSA) is 102 Å². The van der Waals surface area contributed by atoms with Crippen molar-refractivity contribution in [1.82, 2.24) is 4.98 Å². The van der Waals surface area contributed by atoms with Crippen molar-refractivity contribution in [3.8, 4) is 0 Å². The van der Waals surface area contributed by atoms with Gasteiger partial charge in [0.1, 0.15) is 9.84 Å². The predicted molar refractivity (Wildman–Crippen MR) is 88.1 cm³/mol.